The molecule has 2 aromatic carbocycles. The second-order valence-corrected chi connectivity index (χ2v) is 10.1. The lowest BCUT2D eigenvalue weighted by molar-refractivity contribution is 0.236. The second-order valence-electron chi connectivity index (χ2n) is 10.1. The second kappa shape index (κ2) is 11.8. The molecule has 2 atom stereocenters. The smallest absolute Gasteiger partial charge is 0.157 e. The van der Waals surface area contributed by atoms with Gasteiger partial charge >= 0.3 is 0 Å². The quantitative estimate of drug-likeness (QED) is 0.280. The molecule has 0 saturated carbocycles. The Hall–Kier alpha value is -2.44. The van der Waals surface area contributed by atoms with Crippen LogP contribution in [0.2, 0.25) is 0 Å². The summed E-state index contributed by atoms with van der Waals surface area (Å²) in [5.41, 5.74) is 2.18. The van der Waals surface area contributed by atoms with Crippen molar-refractivity contribution < 1.29 is 20.4 Å². The van der Waals surface area contributed by atoms with Gasteiger partial charge in [-0.3, -0.25) is 0 Å². The summed E-state index contributed by atoms with van der Waals surface area (Å²) in [6.45, 7) is 4.62. The third kappa shape index (κ3) is 6.57. The summed E-state index contributed by atoms with van der Waals surface area (Å²) in [7, 11) is 0. The first-order valence-electron chi connectivity index (χ1n) is 13.0. The van der Waals surface area contributed by atoms with Gasteiger partial charge in [-0.2, -0.15) is 0 Å². The number of benzene rings is 2. The van der Waals surface area contributed by atoms with Crippen LogP contribution in [0.1, 0.15) is 62.5 Å². The van der Waals surface area contributed by atoms with Gasteiger partial charge in [0, 0.05) is 12.1 Å². The highest BCUT2D eigenvalue weighted by Gasteiger charge is 2.25. The molecule has 0 amide bonds. The SMILES string of the molecule is Oc1ccc(C[C@@H]2CCCN2CCCCCCN2CCC[C@H]2Cc2ccc(O)c(O)c2)cc1O. The van der Waals surface area contributed by atoms with Gasteiger partial charge in [0.2, 0.25) is 0 Å². The molecule has 0 unspecified atom stereocenters. The van der Waals surface area contributed by atoms with Crippen molar-refractivity contribution in [1.29, 1.82) is 0 Å². The average Bonchev–Trinajstić information content (AvgIpc) is 3.45. The van der Waals surface area contributed by atoms with E-state index in [2.05, 4.69) is 9.80 Å². The Balaban J connectivity index is 1.13. The van der Waals surface area contributed by atoms with Crippen LogP contribution in [-0.4, -0.2) is 68.5 Å². The Morgan fingerprint density at radius 2 is 1.03 bits per heavy atom. The van der Waals surface area contributed by atoms with E-state index in [1.165, 1.54) is 51.4 Å². The summed E-state index contributed by atoms with van der Waals surface area (Å²) in [6.07, 6.45) is 11.7. The van der Waals surface area contributed by atoms with Crippen molar-refractivity contribution in [2.24, 2.45) is 0 Å². The van der Waals surface area contributed by atoms with Crippen molar-refractivity contribution in [2.45, 2.75) is 76.3 Å². The number of aromatic hydroxyl groups is 4. The van der Waals surface area contributed by atoms with E-state index in [1.54, 1.807) is 24.3 Å². The maximum absolute atomic E-state index is 9.77. The number of nitrogens with zero attached hydrogens (tertiary/aromatic N) is 2. The molecule has 2 aromatic rings. The number of rotatable bonds is 11. The molecule has 186 valence electrons. The molecule has 6 heteroatoms. The third-order valence-corrected chi connectivity index (χ3v) is 7.66. The molecule has 2 saturated heterocycles. The van der Waals surface area contributed by atoms with Gasteiger partial charge in [0.15, 0.2) is 23.0 Å². The fourth-order valence-electron chi connectivity index (χ4n) is 5.76. The summed E-state index contributed by atoms with van der Waals surface area (Å²) >= 11 is 0. The molecular formula is C28H40N2O4. The first kappa shape index (κ1) is 24.7. The minimum Gasteiger partial charge on any atom is -0.504 e. The molecule has 0 aromatic heterocycles. The maximum Gasteiger partial charge on any atom is 0.157 e. The summed E-state index contributed by atoms with van der Waals surface area (Å²) in [6, 6.07) is 11.5. The number of hydrogen-bond acceptors (Lipinski definition) is 6. The Kier molecular flexibility index (Phi) is 8.57. The van der Waals surface area contributed by atoms with Crippen molar-refractivity contribution >= 4 is 0 Å². The monoisotopic (exact) mass is 468 g/mol. The number of phenols is 4. The van der Waals surface area contributed by atoms with Gasteiger partial charge in [-0.15, -0.1) is 0 Å². The largest absolute Gasteiger partial charge is 0.504 e. The zero-order valence-electron chi connectivity index (χ0n) is 20.2. The van der Waals surface area contributed by atoms with Crippen molar-refractivity contribution in [3.63, 3.8) is 0 Å². The summed E-state index contributed by atoms with van der Waals surface area (Å²) in [4.78, 5) is 5.21. The number of phenolic OH excluding ortho intramolecular Hbond substituents is 4. The Bertz CT molecular complexity index is 859. The number of likely N-dealkylation sites (tertiary alicyclic amines) is 2. The molecule has 0 spiro atoms. The highest BCUT2D eigenvalue weighted by atomic mass is 16.3. The first-order chi connectivity index (χ1) is 16.5. The van der Waals surface area contributed by atoms with Crippen LogP contribution in [0.25, 0.3) is 0 Å². The maximum atomic E-state index is 9.77. The van der Waals surface area contributed by atoms with Gasteiger partial charge in [-0.25, -0.2) is 0 Å². The van der Waals surface area contributed by atoms with Crippen LogP contribution in [0.3, 0.4) is 0 Å². The van der Waals surface area contributed by atoms with Crippen LogP contribution in [0.15, 0.2) is 36.4 Å². The molecular weight excluding hydrogens is 428 g/mol. The standard InChI is InChI=1S/C28H40N2O4/c31-25-11-9-21(19-27(25)33)17-23-7-5-15-29(23)13-3-1-2-4-14-30-16-6-8-24(30)18-22-10-12-26(32)28(34)20-22/h9-12,19-20,23-24,31-34H,1-8,13-18H2/t23-,24-/m0/s1. The summed E-state index contributed by atoms with van der Waals surface area (Å²) in [5, 5.41) is 38.6. The van der Waals surface area contributed by atoms with Gasteiger partial charge in [-0.1, -0.05) is 25.0 Å². The van der Waals surface area contributed by atoms with Crippen LogP contribution < -0.4 is 0 Å². The lowest BCUT2D eigenvalue weighted by Gasteiger charge is -2.25. The highest BCUT2D eigenvalue weighted by molar-refractivity contribution is 5.41. The van der Waals surface area contributed by atoms with E-state index in [0.717, 1.165) is 50.1 Å². The van der Waals surface area contributed by atoms with Crippen LogP contribution >= 0.6 is 0 Å². The van der Waals surface area contributed by atoms with Crippen LogP contribution in [0.5, 0.6) is 23.0 Å². The molecule has 2 aliphatic rings. The van der Waals surface area contributed by atoms with Crippen LogP contribution in [0.4, 0.5) is 0 Å². The number of hydrogen-bond donors (Lipinski definition) is 4. The Morgan fingerprint density at radius 1 is 0.588 bits per heavy atom. The van der Waals surface area contributed by atoms with Crippen molar-refractivity contribution in [3.05, 3.63) is 47.5 Å². The van der Waals surface area contributed by atoms with Gasteiger partial charge in [0.1, 0.15) is 0 Å². The molecule has 4 rings (SSSR count). The third-order valence-electron chi connectivity index (χ3n) is 7.66. The molecule has 6 nitrogen and oxygen atoms in total. The molecule has 2 fully saturated rings. The predicted octanol–water partition coefficient (Wildman–Crippen LogP) is 4.78. The minimum atomic E-state index is -0.0491. The van der Waals surface area contributed by atoms with E-state index < -0.39 is 0 Å². The zero-order valence-corrected chi connectivity index (χ0v) is 20.2. The minimum absolute atomic E-state index is 0.0245. The molecule has 34 heavy (non-hydrogen) atoms. The molecule has 0 aliphatic carbocycles. The summed E-state index contributed by atoms with van der Waals surface area (Å²) < 4.78 is 0. The highest BCUT2D eigenvalue weighted by Crippen LogP contribution is 2.29. The Labute approximate surface area is 203 Å². The zero-order chi connectivity index (χ0) is 23.9. The van der Waals surface area contributed by atoms with E-state index in [0.29, 0.717) is 12.1 Å². The average molecular weight is 469 g/mol. The van der Waals surface area contributed by atoms with E-state index in [4.69, 9.17) is 0 Å². The lowest BCUT2D eigenvalue weighted by Crippen LogP contribution is -2.32. The fraction of sp³-hybridized carbons (Fsp3) is 0.571. The van der Waals surface area contributed by atoms with E-state index >= 15 is 0 Å². The van der Waals surface area contributed by atoms with Crippen molar-refractivity contribution in [1.82, 2.24) is 9.80 Å². The van der Waals surface area contributed by atoms with Crippen molar-refractivity contribution in [2.75, 3.05) is 26.2 Å². The Morgan fingerprint density at radius 3 is 1.44 bits per heavy atom. The molecule has 0 bridgehead atoms. The van der Waals surface area contributed by atoms with Gasteiger partial charge in [-0.05, 0) is 113 Å². The molecule has 2 aliphatic heterocycles. The van der Waals surface area contributed by atoms with E-state index in [9.17, 15) is 20.4 Å². The molecule has 2 heterocycles. The van der Waals surface area contributed by atoms with Gasteiger partial charge in [0.25, 0.3) is 0 Å². The van der Waals surface area contributed by atoms with Gasteiger partial charge in [0.05, 0.1) is 0 Å². The van der Waals surface area contributed by atoms with E-state index in [1.807, 2.05) is 12.1 Å². The predicted molar refractivity (Wildman–Crippen MR) is 135 cm³/mol. The molecule has 0 radical (unpaired) electrons. The summed E-state index contributed by atoms with van der Waals surface area (Å²) in [5.74, 6) is -0.147. The van der Waals surface area contributed by atoms with E-state index in [-0.39, 0.29) is 23.0 Å². The van der Waals surface area contributed by atoms with Crippen LogP contribution in [-0.2, 0) is 12.8 Å². The number of unbranched alkanes of at least 4 members (excludes halogenated alkanes) is 3. The fourth-order valence-corrected chi connectivity index (χ4v) is 5.76. The first-order valence-corrected chi connectivity index (χ1v) is 13.0. The van der Waals surface area contributed by atoms with Crippen LogP contribution in [0, 0.1) is 0 Å². The lowest BCUT2D eigenvalue weighted by atomic mass is 10.0. The van der Waals surface area contributed by atoms with Gasteiger partial charge < -0.3 is 30.2 Å². The molecule has 4 N–H and O–H groups in total. The normalized spacial score (nSPS) is 21.4. The topological polar surface area (TPSA) is 87.4 Å². The van der Waals surface area contributed by atoms with Crippen molar-refractivity contribution in [3.8, 4) is 23.0 Å².